The van der Waals surface area contributed by atoms with E-state index in [0.29, 0.717) is 23.3 Å². The van der Waals surface area contributed by atoms with Crippen LogP contribution in [0.1, 0.15) is 6.92 Å². The van der Waals surface area contributed by atoms with Crippen molar-refractivity contribution in [2.75, 3.05) is 17.2 Å². The molecule has 24 heavy (non-hydrogen) atoms. The summed E-state index contributed by atoms with van der Waals surface area (Å²) in [6.45, 7) is 2.55. The van der Waals surface area contributed by atoms with E-state index in [4.69, 9.17) is 16.3 Å². The third-order valence-electron chi connectivity index (χ3n) is 3.21. The summed E-state index contributed by atoms with van der Waals surface area (Å²) >= 11 is 6.00. The monoisotopic (exact) mass is 340 g/mol. The first kappa shape index (κ1) is 16.1. The van der Waals surface area contributed by atoms with Crippen molar-refractivity contribution in [2.24, 2.45) is 0 Å². The highest BCUT2D eigenvalue weighted by Gasteiger charge is 2.05. The van der Waals surface area contributed by atoms with Crippen LogP contribution >= 0.6 is 11.6 Å². The largest absolute Gasteiger partial charge is 0.492 e. The van der Waals surface area contributed by atoms with Crippen LogP contribution in [-0.4, -0.2) is 16.6 Å². The van der Waals surface area contributed by atoms with Gasteiger partial charge in [-0.15, -0.1) is 0 Å². The Kier molecular flexibility index (Phi) is 5.13. The highest BCUT2D eigenvalue weighted by Crippen LogP contribution is 2.27. The minimum Gasteiger partial charge on any atom is -0.492 e. The first-order valence-electron chi connectivity index (χ1n) is 7.58. The molecule has 1 aromatic heterocycles. The summed E-state index contributed by atoms with van der Waals surface area (Å²) in [5, 5.41) is 7.12. The molecule has 0 spiro atoms. The topological polar surface area (TPSA) is 59.1 Å². The highest BCUT2D eigenvalue weighted by molar-refractivity contribution is 6.30. The van der Waals surface area contributed by atoms with E-state index in [1.807, 2.05) is 61.5 Å². The van der Waals surface area contributed by atoms with E-state index in [9.17, 15) is 0 Å². The molecule has 0 aliphatic heterocycles. The van der Waals surface area contributed by atoms with Crippen LogP contribution in [0.4, 0.5) is 23.0 Å². The maximum Gasteiger partial charge on any atom is 0.142 e. The fraction of sp³-hybridized carbons (Fsp3) is 0.111. The van der Waals surface area contributed by atoms with Gasteiger partial charge in [-0.05, 0) is 37.3 Å². The van der Waals surface area contributed by atoms with Gasteiger partial charge in [-0.2, -0.15) is 0 Å². The van der Waals surface area contributed by atoms with Gasteiger partial charge < -0.3 is 15.4 Å². The van der Waals surface area contributed by atoms with Crippen LogP contribution in [0, 0.1) is 0 Å². The van der Waals surface area contributed by atoms with E-state index in [1.54, 1.807) is 0 Å². The van der Waals surface area contributed by atoms with E-state index in [1.165, 1.54) is 6.33 Å². The number of nitrogens with one attached hydrogen (secondary N) is 2. The van der Waals surface area contributed by atoms with Crippen molar-refractivity contribution in [2.45, 2.75) is 6.92 Å². The SMILES string of the molecule is CCOc1ccccc1Nc1cc(Nc2cccc(Cl)c2)ncn1. The lowest BCUT2D eigenvalue weighted by Crippen LogP contribution is -2.01. The summed E-state index contributed by atoms with van der Waals surface area (Å²) in [5.41, 5.74) is 1.72. The van der Waals surface area contributed by atoms with Crippen LogP contribution in [0.2, 0.25) is 5.02 Å². The van der Waals surface area contributed by atoms with Gasteiger partial charge in [-0.1, -0.05) is 29.8 Å². The van der Waals surface area contributed by atoms with Crippen LogP contribution < -0.4 is 15.4 Å². The van der Waals surface area contributed by atoms with Crippen molar-refractivity contribution in [3.63, 3.8) is 0 Å². The molecule has 2 N–H and O–H groups in total. The van der Waals surface area contributed by atoms with Crippen LogP contribution in [-0.2, 0) is 0 Å². The Morgan fingerprint density at radius 2 is 1.75 bits per heavy atom. The molecule has 2 aromatic carbocycles. The fourth-order valence-electron chi connectivity index (χ4n) is 2.20. The van der Waals surface area contributed by atoms with Gasteiger partial charge in [-0.3, -0.25) is 0 Å². The summed E-state index contributed by atoms with van der Waals surface area (Å²) in [5.74, 6) is 2.12. The second-order valence-corrected chi connectivity index (χ2v) is 5.41. The van der Waals surface area contributed by atoms with Crippen LogP contribution in [0.15, 0.2) is 60.9 Å². The number of rotatable bonds is 6. The molecule has 1 heterocycles. The highest BCUT2D eigenvalue weighted by atomic mass is 35.5. The molecule has 0 atom stereocenters. The van der Waals surface area contributed by atoms with E-state index >= 15 is 0 Å². The standard InChI is InChI=1S/C18H17ClN4O/c1-2-24-16-9-4-3-8-15(16)23-18-11-17(20-12-21-18)22-14-7-5-6-13(19)10-14/h3-12H,2H2,1H3,(H2,20,21,22,23). The zero-order chi connectivity index (χ0) is 16.8. The normalized spacial score (nSPS) is 10.2. The molecule has 3 rings (SSSR count). The maximum atomic E-state index is 6.00. The molecular weight excluding hydrogens is 324 g/mol. The quantitative estimate of drug-likeness (QED) is 0.660. The number of hydrogen-bond donors (Lipinski definition) is 2. The Morgan fingerprint density at radius 3 is 2.54 bits per heavy atom. The van der Waals surface area contributed by atoms with Gasteiger partial charge in [0.25, 0.3) is 0 Å². The Bertz CT molecular complexity index is 825. The molecule has 0 bridgehead atoms. The van der Waals surface area contributed by atoms with Crippen molar-refractivity contribution in [1.29, 1.82) is 0 Å². The summed E-state index contributed by atoms with van der Waals surface area (Å²) in [6, 6.07) is 17.0. The molecule has 0 aliphatic rings. The first-order valence-corrected chi connectivity index (χ1v) is 7.96. The summed E-state index contributed by atoms with van der Waals surface area (Å²) in [4.78, 5) is 8.48. The molecule has 0 saturated heterocycles. The molecule has 122 valence electrons. The van der Waals surface area contributed by atoms with Gasteiger partial charge >= 0.3 is 0 Å². The number of para-hydroxylation sites is 2. The zero-order valence-corrected chi connectivity index (χ0v) is 13.9. The van der Waals surface area contributed by atoms with Gasteiger partial charge in [0.05, 0.1) is 12.3 Å². The molecule has 0 fully saturated rings. The third-order valence-corrected chi connectivity index (χ3v) is 3.45. The Labute approximate surface area is 145 Å². The molecular formula is C18H17ClN4O. The molecule has 3 aromatic rings. The number of ether oxygens (including phenoxy) is 1. The van der Waals surface area contributed by atoms with Crippen molar-refractivity contribution in [1.82, 2.24) is 9.97 Å². The van der Waals surface area contributed by atoms with Crippen LogP contribution in [0.25, 0.3) is 0 Å². The number of anilines is 4. The van der Waals surface area contributed by atoms with Gasteiger partial charge in [-0.25, -0.2) is 9.97 Å². The van der Waals surface area contributed by atoms with Gasteiger partial charge in [0.1, 0.15) is 23.7 Å². The Balaban J connectivity index is 1.78. The maximum absolute atomic E-state index is 6.00. The molecule has 0 aliphatic carbocycles. The van der Waals surface area contributed by atoms with Gasteiger partial charge in [0.15, 0.2) is 0 Å². The fourth-order valence-corrected chi connectivity index (χ4v) is 2.39. The summed E-state index contributed by atoms with van der Waals surface area (Å²) < 4.78 is 5.61. The predicted octanol–water partition coefficient (Wildman–Crippen LogP) is 5.02. The molecule has 6 heteroatoms. The zero-order valence-electron chi connectivity index (χ0n) is 13.2. The minimum absolute atomic E-state index is 0.601. The number of halogens is 1. The number of hydrogen-bond acceptors (Lipinski definition) is 5. The minimum atomic E-state index is 0.601. The van der Waals surface area contributed by atoms with Crippen molar-refractivity contribution in [3.8, 4) is 5.75 Å². The molecule has 0 amide bonds. The second-order valence-electron chi connectivity index (χ2n) is 4.98. The lowest BCUT2D eigenvalue weighted by molar-refractivity contribution is 0.342. The predicted molar refractivity (Wildman–Crippen MR) is 97.7 cm³/mol. The number of nitrogens with zero attached hydrogens (tertiary/aromatic N) is 2. The van der Waals surface area contributed by atoms with Gasteiger partial charge in [0.2, 0.25) is 0 Å². The van der Waals surface area contributed by atoms with E-state index in [2.05, 4.69) is 20.6 Å². The van der Waals surface area contributed by atoms with E-state index in [0.717, 1.165) is 17.1 Å². The van der Waals surface area contributed by atoms with Crippen molar-refractivity contribution >= 4 is 34.6 Å². The van der Waals surface area contributed by atoms with Crippen LogP contribution in [0.5, 0.6) is 5.75 Å². The lowest BCUT2D eigenvalue weighted by atomic mass is 10.3. The summed E-state index contributed by atoms with van der Waals surface area (Å²) in [6.07, 6.45) is 1.50. The van der Waals surface area contributed by atoms with E-state index in [-0.39, 0.29) is 0 Å². The average Bonchev–Trinajstić information content (AvgIpc) is 2.57. The molecule has 5 nitrogen and oxygen atoms in total. The Hall–Kier alpha value is -2.79. The molecule has 0 radical (unpaired) electrons. The number of benzene rings is 2. The van der Waals surface area contributed by atoms with E-state index < -0.39 is 0 Å². The van der Waals surface area contributed by atoms with Crippen molar-refractivity contribution in [3.05, 3.63) is 65.9 Å². The Morgan fingerprint density at radius 1 is 0.958 bits per heavy atom. The number of aromatic nitrogens is 2. The first-order chi connectivity index (χ1) is 11.7. The third kappa shape index (κ3) is 4.14. The average molecular weight is 341 g/mol. The summed E-state index contributed by atoms with van der Waals surface area (Å²) in [7, 11) is 0. The smallest absolute Gasteiger partial charge is 0.142 e. The van der Waals surface area contributed by atoms with Gasteiger partial charge in [0, 0.05) is 16.8 Å². The van der Waals surface area contributed by atoms with Crippen molar-refractivity contribution < 1.29 is 4.74 Å². The second kappa shape index (κ2) is 7.66. The molecule has 0 saturated carbocycles. The van der Waals surface area contributed by atoms with Crippen LogP contribution in [0.3, 0.4) is 0 Å². The molecule has 0 unspecified atom stereocenters. The lowest BCUT2D eigenvalue weighted by Gasteiger charge is -2.12.